The van der Waals surface area contributed by atoms with Crippen LogP contribution in [0, 0.1) is 0 Å². The van der Waals surface area contributed by atoms with Crippen molar-refractivity contribution in [3.05, 3.63) is 24.0 Å². The molecule has 0 amide bonds. The third kappa shape index (κ3) is 3.81. The molecule has 0 aromatic carbocycles. The summed E-state index contributed by atoms with van der Waals surface area (Å²) in [5.74, 6) is 0. The predicted octanol–water partition coefficient (Wildman–Crippen LogP) is 2.37. The summed E-state index contributed by atoms with van der Waals surface area (Å²) in [6.07, 6.45) is 7.73. The number of nitrogens with zero attached hydrogens (tertiary/aromatic N) is 2. The van der Waals surface area contributed by atoms with Crippen molar-refractivity contribution in [1.82, 2.24) is 4.98 Å². The van der Waals surface area contributed by atoms with Gasteiger partial charge in [0.2, 0.25) is 0 Å². The minimum Gasteiger partial charge on any atom is -0.370 e. The minimum atomic E-state index is 0. The molecule has 1 saturated heterocycles. The van der Waals surface area contributed by atoms with Crippen molar-refractivity contribution in [3.63, 3.8) is 0 Å². The third-order valence-electron chi connectivity index (χ3n) is 2.74. The van der Waals surface area contributed by atoms with Gasteiger partial charge in [0.1, 0.15) is 0 Å². The van der Waals surface area contributed by atoms with Crippen LogP contribution in [0.2, 0.25) is 0 Å². The fraction of sp³-hybridized carbons (Fsp3) is 0.545. The molecule has 3 nitrogen and oxygen atoms in total. The molecule has 0 spiro atoms. The highest BCUT2D eigenvalue weighted by atomic mass is 35.5. The maximum atomic E-state index is 5.59. The molecular weight excluding hydrogens is 245 g/mol. The number of piperidine rings is 1. The summed E-state index contributed by atoms with van der Waals surface area (Å²) >= 11 is 0. The number of anilines is 1. The number of hydrogen-bond acceptors (Lipinski definition) is 3. The standard InChI is InChI=1S/C11H17N3.2ClH/c12-7-10-6-11(9-13-8-10)14-4-2-1-3-5-14;;/h6,8-9H,1-5,7,12H2;2*1H. The molecule has 2 rings (SSSR count). The highest BCUT2D eigenvalue weighted by molar-refractivity contribution is 5.85. The van der Waals surface area contributed by atoms with Crippen LogP contribution >= 0.6 is 24.8 Å². The molecule has 2 N–H and O–H groups in total. The van der Waals surface area contributed by atoms with Crippen LogP contribution in [0.25, 0.3) is 0 Å². The summed E-state index contributed by atoms with van der Waals surface area (Å²) in [4.78, 5) is 6.61. The molecular formula is C11H19Cl2N3. The van der Waals surface area contributed by atoms with E-state index in [0.717, 1.165) is 18.7 Å². The molecule has 16 heavy (non-hydrogen) atoms. The van der Waals surface area contributed by atoms with Crippen LogP contribution in [0.3, 0.4) is 0 Å². The largest absolute Gasteiger partial charge is 0.370 e. The lowest BCUT2D eigenvalue weighted by atomic mass is 10.1. The van der Waals surface area contributed by atoms with E-state index in [9.17, 15) is 0 Å². The second kappa shape index (κ2) is 7.71. The Morgan fingerprint density at radius 2 is 1.81 bits per heavy atom. The molecule has 5 heteroatoms. The van der Waals surface area contributed by atoms with E-state index in [4.69, 9.17) is 5.73 Å². The van der Waals surface area contributed by atoms with Gasteiger partial charge in [0.15, 0.2) is 0 Å². The first kappa shape index (κ1) is 15.5. The van der Waals surface area contributed by atoms with Gasteiger partial charge in [-0.25, -0.2) is 0 Å². The van der Waals surface area contributed by atoms with Gasteiger partial charge in [0.25, 0.3) is 0 Å². The van der Waals surface area contributed by atoms with Crippen molar-refractivity contribution in [2.45, 2.75) is 25.8 Å². The van der Waals surface area contributed by atoms with Crippen molar-refractivity contribution in [3.8, 4) is 0 Å². The topological polar surface area (TPSA) is 42.1 Å². The van der Waals surface area contributed by atoms with Gasteiger partial charge in [0.05, 0.1) is 11.9 Å². The van der Waals surface area contributed by atoms with Crippen LogP contribution in [-0.2, 0) is 6.54 Å². The summed E-state index contributed by atoms with van der Waals surface area (Å²) in [6, 6.07) is 2.15. The van der Waals surface area contributed by atoms with Crippen molar-refractivity contribution in [2.75, 3.05) is 18.0 Å². The van der Waals surface area contributed by atoms with E-state index >= 15 is 0 Å². The number of halogens is 2. The van der Waals surface area contributed by atoms with Crippen LogP contribution in [-0.4, -0.2) is 18.1 Å². The second-order valence-electron chi connectivity index (χ2n) is 3.80. The molecule has 0 unspecified atom stereocenters. The Hall–Kier alpha value is -0.510. The smallest absolute Gasteiger partial charge is 0.0555 e. The van der Waals surface area contributed by atoms with Crippen LogP contribution in [0.5, 0.6) is 0 Å². The molecule has 1 fully saturated rings. The molecule has 2 heterocycles. The van der Waals surface area contributed by atoms with Crippen molar-refractivity contribution >= 4 is 30.5 Å². The van der Waals surface area contributed by atoms with Crippen molar-refractivity contribution in [1.29, 1.82) is 0 Å². The van der Waals surface area contributed by atoms with Gasteiger partial charge < -0.3 is 10.6 Å². The lowest BCUT2D eigenvalue weighted by Gasteiger charge is -2.28. The Morgan fingerprint density at radius 1 is 1.12 bits per heavy atom. The van der Waals surface area contributed by atoms with E-state index < -0.39 is 0 Å². The van der Waals surface area contributed by atoms with Crippen molar-refractivity contribution in [2.24, 2.45) is 5.73 Å². The highest BCUT2D eigenvalue weighted by Crippen LogP contribution is 2.19. The maximum absolute atomic E-state index is 5.59. The van der Waals surface area contributed by atoms with E-state index in [1.165, 1.54) is 24.9 Å². The lowest BCUT2D eigenvalue weighted by molar-refractivity contribution is 0.577. The average Bonchev–Trinajstić information content (AvgIpc) is 2.30. The number of hydrogen-bond donors (Lipinski definition) is 1. The SMILES string of the molecule is Cl.Cl.NCc1cncc(N2CCCCC2)c1. The molecule has 92 valence electrons. The third-order valence-corrected chi connectivity index (χ3v) is 2.74. The molecule has 1 aromatic rings. The summed E-state index contributed by atoms with van der Waals surface area (Å²) in [5.41, 5.74) is 7.94. The number of pyridine rings is 1. The Kier molecular flexibility index (Phi) is 7.47. The van der Waals surface area contributed by atoms with Gasteiger partial charge in [-0.05, 0) is 30.9 Å². The van der Waals surface area contributed by atoms with Crippen LogP contribution in [0.1, 0.15) is 24.8 Å². The zero-order chi connectivity index (χ0) is 9.80. The molecule has 0 saturated carbocycles. The first-order valence-corrected chi connectivity index (χ1v) is 5.29. The Labute approximate surface area is 109 Å². The number of rotatable bonds is 2. The van der Waals surface area contributed by atoms with Gasteiger partial charge in [0, 0.05) is 25.8 Å². The van der Waals surface area contributed by atoms with Gasteiger partial charge in [-0.15, -0.1) is 24.8 Å². The van der Waals surface area contributed by atoms with E-state index in [2.05, 4.69) is 16.0 Å². The van der Waals surface area contributed by atoms with E-state index in [1.807, 2.05) is 12.4 Å². The normalized spacial score (nSPS) is 14.9. The molecule has 0 bridgehead atoms. The number of aromatic nitrogens is 1. The lowest BCUT2D eigenvalue weighted by Crippen LogP contribution is -2.29. The summed E-state index contributed by atoms with van der Waals surface area (Å²) in [7, 11) is 0. The molecule has 0 aliphatic carbocycles. The summed E-state index contributed by atoms with van der Waals surface area (Å²) in [6.45, 7) is 2.90. The molecule has 0 atom stereocenters. The molecule has 1 aromatic heterocycles. The van der Waals surface area contributed by atoms with Crippen LogP contribution in [0.4, 0.5) is 5.69 Å². The number of nitrogens with two attached hydrogens (primary N) is 1. The zero-order valence-corrected chi connectivity index (χ0v) is 10.9. The second-order valence-corrected chi connectivity index (χ2v) is 3.80. The van der Waals surface area contributed by atoms with Gasteiger partial charge in [-0.3, -0.25) is 4.98 Å². The zero-order valence-electron chi connectivity index (χ0n) is 9.26. The Morgan fingerprint density at radius 3 is 2.44 bits per heavy atom. The van der Waals surface area contributed by atoms with Crippen LogP contribution < -0.4 is 10.6 Å². The Balaban J connectivity index is 0.00000112. The first-order valence-electron chi connectivity index (χ1n) is 5.29. The molecule has 1 aliphatic heterocycles. The van der Waals surface area contributed by atoms with Crippen LogP contribution in [0.15, 0.2) is 18.5 Å². The highest BCUT2D eigenvalue weighted by Gasteiger charge is 2.10. The van der Waals surface area contributed by atoms with E-state index in [0.29, 0.717) is 6.54 Å². The average molecular weight is 264 g/mol. The maximum Gasteiger partial charge on any atom is 0.0555 e. The summed E-state index contributed by atoms with van der Waals surface area (Å²) < 4.78 is 0. The van der Waals surface area contributed by atoms with Gasteiger partial charge >= 0.3 is 0 Å². The van der Waals surface area contributed by atoms with Gasteiger partial charge in [-0.2, -0.15) is 0 Å². The monoisotopic (exact) mass is 263 g/mol. The Bertz CT molecular complexity index is 301. The van der Waals surface area contributed by atoms with E-state index in [1.54, 1.807) is 0 Å². The fourth-order valence-corrected chi connectivity index (χ4v) is 1.91. The molecule has 0 radical (unpaired) electrons. The fourth-order valence-electron chi connectivity index (χ4n) is 1.91. The predicted molar refractivity (Wildman–Crippen MR) is 72.7 cm³/mol. The first-order chi connectivity index (χ1) is 6.90. The van der Waals surface area contributed by atoms with E-state index in [-0.39, 0.29) is 24.8 Å². The molecule has 1 aliphatic rings. The summed E-state index contributed by atoms with van der Waals surface area (Å²) in [5, 5.41) is 0. The van der Waals surface area contributed by atoms with Crippen molar-refractivity contribution < 1.29 is 0 Å². The minimum absolute atomic E-state index is 0. The van der Waals surface area contributed by atoms with Gasteiger partial charge in [-0.1, -0.05) is 0 Å². The quantitative estimate of drug-likeness (QED) is 0.891.